The molecule has 2 heterocycles. The standard InChI is InChI=1S/C10H14ClN3O.2ClH/c11-9-5-8(7-15)6-13-10(9)14-3-1-12-2-4-14;;/h5-6,12,15H,1-4,7H2;2*1H. The number of anilines is 1. The average Bonchev–Trinajstić information content (AvgIpc) is 2.30. The van der Waals surface area contributed by atoms with Gasteiger partial charge in [0.05, 0.1) is 11.6 Å². The molecule has 0 amide bonds. The lowest BCUT2D eigenvalue weighted by atomic mass is 10.3. The smallest absolute Gasteiger partial charge is 0.147 e. The summed E-state index contributed by atoms with van der Waals surface area (Å²) in [5.41, 5.74) is 0.749. The number of hydrogen-bond acceptors (Lipinski definition) is 4. The first-order chi connectivity index (χ1) is 7.31. The first-order valence-electron chi connectivity index (χ1n) is 5.02. The van der Waals surface area contributed by atoms with Gasteiger partial charge in [-0.05, 0) is 11.6 Å². The molecule has 0 spiro atoms. The van der Waals surface area contributed by atoms with Gasteiger partial charge in [-0.3, -0.25) is 0 Å². The van der Waals surface area contributed by atoms with Crippen molar-refractivity contribution in [2.45, 2.75) is 6.61 Å². The second-order valence-electron chi connectivity index (χ2n) is 3.54. The van der Waals surface area contributed by atoms with Crippen LogP contribution in [-0.4, -0.2) is 36.3 Å². The van der Waals surface area contributed by atoms with Gasteiger partial charge in [0.25, 0.3) is 0 Å². The van der Waals surface area contributed by atoms with Crippen LogP contribution in [0.2, 0.25) is 5.02 Å². The molecule has 0 aliphatic carbocycles. The van der Waals surface area contributed by atoms with E-state index in [2.05, 4.69) is 15.2 Å². The lowest BCUT2D eigenvalue weighted by molar-refractivity contribution is 0.281. The van der Waals surface area contributed by atoms with Crippen LogP contribution in [0, 0.1) is 0 Å². The number of aromatic nitrogens is 1. The molecule has 1 aromatic rings. The molecular weight excluding hydrogens is 284 g/mol. The van der Waals surface area contributed by atoms with E-state index in [1.165, 1.54) is 0 Å². The minimum absolute atomic E-state index is 0. The first kappa shape index (κ1) is 16.7. The van der Waals surface area contributed by atoms with E-state index in [0.29, 0.717) is 5.02 Å². The number of hydrogen-bond donors (Lipinski definition) is 2. The summed E-state index contributed by atoms with van der Waals surface area (Å²) >= 11 is 6.11. The Morgan fingerprint density at radius 2 is 2.00 bits per heavy atom. The summed E-state index contributed by atoms with van der Waals surface area (Å²) in [6.07, 6.45) is 1.67. The summed E-state index contributed by atoms with van der Waals surface area (Å²) in [7, 11) is 0. The Hall–Kier alpha value is -0.260. The fourth-order valence-electron chi connectivity index (χ4n) is 1.67. The van der Waals surface area contributed by atoms with Crippen LogP contribution in [0.4, 0.5) is 5.82 Å². The van der Waals surface area contributed by atoms with Crippen molar-refractivity contribution in [3.63, 3.8) is 0 Å². The maximum Gasteiger partial charge on any atom is 0.147 e. The van der Waals surface area contributed by atoms with Gasteiger partial charge in [-0.25, -0.2) is 4.98 Å². The second kappa shape index (κ2) is 7.95. The van der Waals surface area contributed by atoms with Crippen LogP contribution in [0.5, 0.6) is 0 Å². The summed E-state index contributed by atoms with van der Waals surface area (Å²) in [4.78, 5) is 6.43. The normalized spacial score (nSPS) is 14.8. The van der Waals surface area contributed by atoms with Crippen LogP contribution in [0.15, 0.2) is 12.3 Å². The first-order valence-corrected chi connectivity index (χ1v) is 5.40. The molecular formula is C10H16Cl3N3O. The number of aliphatic hydroxyl groups is 1. The lowest BCUT2D eigenvalue weighted by Gasteiger charge is -2.29. The van der Waals surface area contributed by atoms with Crippen molar-refractivity contribution in [3.8, 4) is 0 Å². The quantitative estimate of drug-likeness (QED) is 0.869. The number of halogens is 3. The molecule has 0 radical (unpaired) electrons. The summed E-state index contributed by atoms with van der Waals surface area (Å²) < 4.78 is 0. The highest BCUT2D eigenvalue weighted by Gasteiger charge is 2.14. The van der Waals surface area contributed by atoms with Crippen molar-refractivity contribution in [2.75, 3.05) is 31.1 Å². The van der Waals surface area contributed by atoms with E-state index >= 15 is 0 Å². The topological polar surface area (TPSA) is 48.4 Å². The molecule has 17 heavy (non-hydrogen) atoms. The third-order valence-corrected chi connectivity index (χ3v) is 2.76. The second-order valence-corrected chi connectivity index (χ2v) is 3.95. The Labute approximate surface area is 118 Å². The Bertz CT molecular complexity index is 346. The molecule has 0 unspecified atom stereocenters. The third-order valence-electron chi connectivity index (χ3n) is 2.48. The Morgan fingerprint density at radius 1 is 1.35 bits per heavy atom. The number of rotatable bonds is 2. The average molecular weight is 301 g/mol. The van der Waals surface area contributed by atoms with Crippen molar-refractivity contribution in [1.29, 1.82) is 0 Å². The summed E-state index contributed by atoms with van der Waals surface area (Å²) in [6.45, 7) is 3.74. The zero-order chi connectivity index (χ0) is 10.7. The molecule has 0 aromatic carbocycles. The predicted octanol–water partition coefficient (Wildman–Crippen LogP) is 1.48. The molecule has 1 aliphatic heterocycles. The maximum atomic E-state index is 8.94. The molecule has 2 rings (SSSR count). The van der Waals surface area contributed by atoms with Crippen LogP contribution in [0.25, 0.3) is 0 Å². The van der Waals surface area contributed by atoms with Gasteiger partial charge >= 0.3 is 0 Å². The van der Waals surface area contributed by atoms with Crippen molar-refractivity contribution in [1.82, 2.24) is 10.3 Å². The summed E-state index contributed by atoms with van der Waals surface area (Å²) in [6, 6.07) is 1.77. The molecule has 1 aliphatic rings. The summed E-state index contributed by atoms with van der Waals surface area (Å²) in [5, 5.41) is 12.8. The highest BCUT2D eigenvalue weighted by Crippen LogP contribution is 2.24. The molecule has 0 bridgehead atoms. The van der Waals surface area contributed by atoms with Crippen LogP contribution in [0.3, 0.4) is 0 Å². The zero-order valence-electron chi connectivity index (χ0n) is 9.23. The molecule has 4 nitrogen and oxygen atoms in total. The van der Waals surface area contributed by atoms with Gasteiger partial charge in [-0.1, -0.05) is 11.6 Å². The monoisotopic (exact) mass is 299 g/mol. The number of piperazine rings is 1. The molecule has 1 fully saturated rings. The molecule has 98 valence electrons. The van der Waals surface area contributed by atoms with E-state index in [0.717, 1.165) is 37.6 Å². The fraction of sp³-hybridized carbons (Fsp3) is 0.500. The summed E-state index contributed by atoms with van der Waals surface area (Å²) in [5.74, 6) is 0.815. The van der Waals surface area contributed by atoms with Gasteiger partial charge < -0.3 is 15.3 Å². The van der Waals surface area contributed by atoms with Gasteiger partial charge in [0.2, 0.25) is 0 Å². The van der Waals surface area contributed by atoms with Crippen molar-refractivity contribution in [2.24, 2.45) is 0 Å². The van der Waals surface area contributed by atoms with Crippen LogP contribution in [-0.2, 0) is 6.61 Å². The highest BCUT2D eigenvalue weighted by atomic mass is 35.5. The molecule has 0 saturated carbocycles. The van der Waals surface area contributed by atoms with Crippen molar-refractivity contribution < 1.29 is 5.11 Å². The van der Waals surface area contributed by atoms with Crippen LogP contribution >= 0.6 is 36.4 Å². The number of aliphatic hydroxyl groups excluding tert-OH is 1. The fourth-order valence-corrected chi connectivity index (χ4v) is 1.97. The molecule has 1 saturated heterocycles. The van der Waals surface area contributed by atoms with E-state index in [1.54, 1.807) is 12.3 Å². The number of pyridine rings is 1. The van der Waals surface area contributed by atoms with E-state index in [4.69, 9.17) is 16.7 Å². The van der Waals surface area contributed by atoms with Gasteiger partial charge in [0.1, 0.15) is 5.82 Å². The lowest BCUT2D eigenvalue weighted by Crippen LogP contribution is -2.44. The SMILES string of the molecule is Cl.Cl.OCc1cnc(N2CCNCC2)c(Cl)c1. The molecule has 7 heteroatoms. The van der Waals surface area contributed by atoms with Gasteiger partial charge in [0, 0.05) is 32.4 Å². The Kier molecular flexibility index (Phi) is 7.83. The Morgan fingerprint density at radius 3 is 2.53 bits per heavy atom. The maximum absolute atomic E-state index is 8.94. The minimum Gasteiger partial charge on any atom is -0.392 e. The van der Waals surface area contributed by atoms with E-state index in [-0.39, 0.29) is 31.4 Å². The van der Waals surface area contributed by atoms with Gasteiger partial charge in [-0.15, -0.1) is 24.8 Å². The van der Waals surface area contributed by atoms with E-state index in [9.17, 15) is 0 Å². The van der Waals surface area contributed by atoms with Crippen LogP contribution in [0.1, 0.15) is 5.56 Å². The molecule has 1 aromatic heterocycles. The van der Waals surface area contributed by atoms with Crippen molar-refractivity contribution >= 4 is 42.2 Å². The molecule has 2 N–H and O–H groups in total. The highest BCUT2D eigenvalue weighted by molar-refractivity contribution is 6.33. The Balaban J connectivity index is 0.00000128. The predicted molar refractivity (Wildman–Crippen MR) is 74.7 cm³/mol. The minimum atomic E-state index is -0.0193. The third kappa shape index (κ3) is 4.16. The zero-order valence-corrected chi connectivity index (χ0v) is 11.6. The van der Waals surface area contributed by atoms with Gasteiger partial charge in [0.15, 0.2) is 0 Å². The van der Waals surface area contributed by atoms with E-state index in [1.807, 2.05) is 0 Å². The van der Waals surface area contributed by atoms with Crippen molar-refractivity contribution in [3.05, 3.63) is 22.8 Å². The largest absolute Gasteiger partial charge is 0.392 e. The van der Waals surface area contributed by atoms with Gasteiger partial charge in [-0.2, -0.15) is 0 Å². The van der Waals surface area contributed by atoms with Crippen LogP contribution < -0.4 is 10.2 Å². The number of nitrogens with zero attached hydrogens (tertiary/aromatic N) is 2. The van der Waals surface area contributed by atoms with E-state index < -0.39 is 0 Å². The number of nitrogens with one attached hydrogen (secondary N) is 1. The molecule has 0 atom stereocenters.